The van der Waals surface area contributed by atoms with Crippen LogP contribution < -0.4 is 10.9 Å². The first kappa shape index (κ1) is 13.4. The predicted molar refractivity (Wildman–Crippen MR) is 84.6 cm³/mol. The number of benzene rings is 1. The number of aromatic nitrogens is 3. The quantitative estimate of drug-likeness (QED) is 0.706. The number of nitrogens with zero attached hydrogens (tertiary/aromatic N) is 2. The summed E-state index contributed by atoms with van der Waals surface area (Å²) < 4.78 is 1.67. The summed E-state index contributed by atoms with van der Waals surface area (Å²) in [7, 11) is 1.80. The summed E-state index contributed by atoms with van der Waals surface area (Å²) in [6, 6.07) is 9.59. The molecular weight excluding hydrogens is 264 g/mol. The van der Waals surface area contributed by atoms with Crippen molar-refractivity contribution in [2.24, 2.45) is 7.05 Å². The minimum Gasteiger partial charge on any atom is -0.384 e. The lowest BCUT2D eigenvalue weighted by atomic mass is 10.1. The second kappa shape index (κ2) is 5.83. The van der Waals surface area contributed by atoms with E-state index >= 15 is 0 Å². The normalized spacial score (nSPS) is 10.9. The molecule has 108 valence electrons. The number of nitrogens with one attached hydrogen (secondary N) is 2. The van der Waals surface area contributed by atoms with Gasteiger partial charge in [-0.3, -0.25) is 4.79 Å². The summed E-state index contributed by atoms with van der Waals surface area (Å²) in [5.74, 6) is 0.991. The van der Waals surface area contributed by atoms with Gasteiger partial charge >= 0.3 is 0 Å². The molecule has 21 heavy (non-hydrogen) atoms. The van der Waals surface area contributed by atoms with Crippen molar-refractivity contribution < 1.29 is 0 Å². The number of aryl methyl sites for hydroxylation is 2. The number of hydrogen-bond acceptors (Lipinski definition) is 3. The topological polar surface area (TPSA) is 62.7 Å². The highest BCUT2D eigenvalue weighted by Gasteiger charge is 2.05. The van der Waals surface area contributed by atoms with E-state index in [9.17, 15) is 4.79 Å². The average molecular weight is 282 g/mol. The van der Waals surface area contributed by atoms with E-state index in [4.69, 9.17) is 0 Å². The molecule has 3 aromatic rings. The van der Waals surface area contributed by atoms with E-state index in [0.29, 0.717) is 0 Å². The zero-order valence-electron chi connectivity index (χ0n) is 12.0. The Morgan fingerprint density at radius 3 is 3.00 bits per heavy atom. The molecule has 0 radical (unpaired) electrons. The van der Waals surface area contributed by atoms with Crippen molar-refractivity contribution in [2.45, 2.75) is 12.8 Å². The summed E-state index contributed by atoms with van der Waals surface area (Å²) in [6.45, 7) is 0.803. The average Bonchev–Trinajstić information content (AvgIpc) is 3.02. The molecule has 0 aliphatic rings. The van der Waals surface area contributed by atoms with Gasteiger partial charge in [0.15, 0.2) is 0 Å². The Hall–Kier alpha value is -2.56. The molecule has 5 heteroatoms. The van der Waals surface area contributed by atoms with Crippen LogP contribution in [0.4, 0.5) is 5.69 Å². The van der Waals surface area contributed by atoms with Gasteiger partial charge in [-0.2, -0.15) is 0 Å². The second-order valence-corrected chi connectivity index (χ2v) is 5.04. The maximum atomic E-state index is 12.0. The third-order valence-electron chi connectivity index (χ3n) is 3.61. The van der Waals surface area contributed by atoms with E-state index in [1.807, 2.05) is 30.5 Å². The molecule has 0 bridgehead atoms. The first-order valence-electron chi connectivity index (χ1n) is 7.06. The summed E-state index contributed by atoms with van der Waals surface area (Å²) in [5, 5.41) is 4.43. The number of pyridine rings is 1. The summed E-state index contributed by atoms with van der Waals surface area (Å²) in [6.07, 6.45) is 5.44. The van der Waals surface area contributed by atoms with Crippen LogP contribution in [-0.4, -0.2) is 21.1 Å². The van der Waals surface area contributed by atoms with Crippen LogP contribution in [0.3, 0.4) is 0 Å². The molecule has 3 rings (SSSR count). The standard InChI is InChI=1S/C16H18N4O/c1-20-14-6-3-2-5-12(14)13(11-16(20)21)17-8-4-7-15-18-9-10-19-15/h2-3,5-6,9-11,17H,4,7-8H2,1H3,(H,18,19). The second-order valence-electron chi connectivity index (χ2n) is 5.04. The molecule has 0 fully saturated rings. The van der Waals surface area contributed by atoms with Gasteiger partial charge in [-0.1, -0.05) is 18.2 Å². The van der Waals surface area contributed by atoms with Crippen LogP contribution in [-0.2, 0) is 13.5 Å². The zero-order chi connectivity index (χ0) is 14.7. The Labute approximate surface area is 122 Å². The number of hydrogen-bond donors (Lipinski definition) is 2. The number of H-pyrrole nitrogens is 1. The number of anilines is 1. The van der Waals surface area contributed by atoms with Crippen LogP contribution in [0.1, 0.15) is 12.2 Å². The molecule has 0 saturated heterocycles. The van der Waals surface area contributed by atoms with Crippen LogP contribution in [0, 0.1) is 0 Å². The molecule has 0 unspecified atom stereocenters. The van der Waals surface area contributed by atoms with Crippen LogP contribution in [0.25, 0.3) is 10.9 Å². The van der Waals surface area contributed by atoms with Crippen molar-refractivity contribution in [3.63, 3.8) is 0 Å². The number of fused-ring (bicyclic) bond motifs is 1. The summed E-state index contributed by atoms with van der Waals surface area (Å²) >= 11 is 0. The molecule has 0 aliphatic heterocycles. The van der Waals surface area contributed by atoms with E-state index in [-0.39, 0.29) is 5.56 Å². The lowest BCUT2D eigenvalue weighted by Crippen LogP contribution is -2.17. The van der Waals surface area contributed by atoms with Crippen molar-refractivity contribution in [3.8, 4) is 0 Å². The fourth-order valence-electron chi connectivity index (χ4n) is 2.47. The first-order chi connectivity index (χ1) is 10.3. The Morgan fingerprint density at radius 2 is 2.19 bits per heavy atom. The molecule has 0 saturated carbocycles. The molecule has 2 aromatic heterocycles. The molecular formula is C16H18N4O. The molecule has 2 N–H and O–H groups in total. The summed E-state index contributed by atoms with van der Waals surface area (Å²) in [4.78, 5) is 19.3. The molecule has 1 aromatic carbocycles. The van der Waals surface area contributed by atoms with Gasteiger partial charge in [-0.05, 0) is 12.5 Å². The van der Waals surface area contributed by atoms with Crippen LogP contribution in [0.15, 0.2) is 47.5 Å². The van der Waals surface area contributed by atoms with Crippen molar-refractivity contribution in [1.29, 1.82) is 0 Å². The van der Waals surface area contributed by atoms with E-state index < -0.39 is 0 Å². The van der Waals surface area contributed by atoms with Gasteiger partial charge in [0.2, 0.25) is 0 Å². The number of rotatable bonds is 5. The predicted octanol–water partition coefficient (Wildman–Crippen LogP) is 2.31. The Balaban J connectivity index is 1.75. The minimum absolute atomic E-state index is 0.00207. The van der Waals surface area contributed by atoms with Gasteiger partial charge in [0.1, 0.15) is 5.82 Å². The van der Waals surface area contributed by atoms with E-state index in [1.54, 1.807) is 23.9 Å². The monoisotopic (exact) mass is 282 g/mol. The Bertz CT molecular complexity index is 790. The van der Waals surface area contributed by atoms with Crippen LogP contribution >= 0.6 is 0 Å². The maximum absolute atomic E-state index is 12.0. The highest BCUT2D eigenvalue weighted by atomic mass is 16.1. The molecule has 0 spiro atoms. The fraction of sp³-hybridized carbons (Fsp3) is 0.250. The van der Waals surface area contributed by atoms with E-state index in [2.05, 4.69) is 15.3 Å². The lowest BCUT2D eigenvalue weighted by Gasteiger charge is -2.11. The minimum atomic E-state index is 0.00207. The van der Waals surface area contributed by atoms with Crippen LogP contribution in [0.2, 0.25) is 0 Å². The lowest BCUT2D eigenvalue weighted by molar-refractivity contribution is 0.816. The molecule has 0 aliphatic carbocycles. The largest absolute Gasteiger partial charge is 0.384 e. The molecule has 2 heterocycles. The Morgan fingerprint density at radius 1 is 1.33 bits per heavy atom. The number of aromatic amines is 1. The smallest absolute Gasteiger partial charge is 0.252 e. The van der Waals surface area contributed by atoms with Gasteiger partial charge < -0.3 is 14.9 Å². The molecule has 0 atom stereocenters. The van der Waals surface area contributed by atoms with Gasteiger partial charge in [0.25, 0.3) is 5.56 Å². The fourth-order valence-corrected chi connectivity index (χ4v) is 2.47. The van der Waals surface area contributed by atoms with E-state index in [0.717, 1.165) is 41.8 Å². The Kier molecular flexibility index (Phi) is 3.73. The van der Waals surface area contributed by atoms with Gasteiger partial charge in [-0.25, -0.2) is 4.98 Å². The van der Waals surface area contributed by atoms with E-state index in [1.165, 1.54) is 0 Å². The van der Waals surface area contributed by atoms with Crippen molar-refractivity contribution in [2.75, 3.05) is 11.9 Å². The third-order valence-corrected chi connectivity index (χ3v) is 3.61. The highest BCUT2D eigenvalue weighted by molar-refractivity contribution is 5.91. The first-order valence-corrected chi connectivity index (χ1v) is 7.06. The van der Waals surface area contributed by atoms with Crippen molar-refractivity contribution >= 4 is 16.6 Å². The SMILES string of the molecule is Cn1c(=O)cc(NCCCc2ncc[nH]2)c2ccccc21. The highest BCUT2D eigenvalue weighted by Crippen LogP contribution is 2.20. The van der Waals surface area contributed by atoms with Crippen LogP contribution in [0.5, 0.6) is 0 Å². The van der Waals surface area contributed by atoms with Gasteiger partial charge in [-0.15, -0.1) is 0 Å². The van der Waals surface area contributed by atoms with Gasteiger partial charge in [0.05, 0.1) is 5.52 Å². The van der Waals surface area contributed by atoms with Gasteiger partial charge in [0, 0.05) is 49.5 Å². The third kappa shape index (κ3) is 2.81. The number of imidazole rings is 1. The summed E-state index contributed by atoms with van der Waals surface area (Å²) in [5.41, 5.74) is 1.84. The van der Waals surface area contributed by atoms with Crippen molar-refractivity contribution in [1.82, 2.24) is 14.5 Å². The maximum Gasteiger partial charge on any atom is 0.252 e. The van der Waals surface area contributed by atoms with Crippen molar-refractivity contribution in [3.05, 3.63) is 58.9 Å². The number of para-hydroxylation sites is 1. The molecule has 0 amide bonds. The molecule has 5 nitrogen and oxygen atoms in total. The zero-order valence-corrected chi connectivity index (χ0v) is 12.0.